The standard InChI is InChI=1S/C53H37N3O/c1-3-4-22-50-51(53-54-52(43-19-11-12-20-46(43)55(53)2)38-25-28-41-37(31-38)24-23-34-14-8-9-17-40(34)41)45-33-36(27-30-49(45)57-50)35-26-29-48-44(32-35)42-18-10-13-21-47(42)56(48)39-15-6-5-7-16-39/h3-33H,1-2H3/b4-3-,50-22+,53-51-. The van der Waals surface area contributed by atoms with Crippen molar-refractivity contribution in [1.82, 2.24) is 4.57 Å². The van der Waals surface area contributed by atoms with Gasteiger partial charge in [-0.2, -0.15) is 0 Å². The minimum atomic E-state index is 0.774. The highest BCUT2D eigenvalue weighted by molar-refractivity contribution is 6.21. The average Bonchev–Trinajstić information content (AvgIpc) is 3.80. The molecule has 4 nitrogen and oxygen atoms in total. The number of nitrogens with zero attached hydrogens (tertiary/aromatic N) is 3. The summed E-state index contributed by atoms with van der Waals surface area (Å²) in [5.41, 5.74) is 11.6. The molecular weight excluding hydrogens is 695 g/mol. The highest BCUT2D eigenvalue weighted by Crippen LogP contribution is 2.37. The Labute approximate surface area is 329 Å². The van der Waals surface area contributed by atoms with Crippen LogP contribution in [-0.4, -0.2) is 17.3 Å². The number of benzene rings is 8. The van der Waals surface area contributed by atoms with Crippen LogP contribution in [0.3, 0.4) is 0 Å². The summed E-state index contributed by atoms with van der Waals surface area (Å²) in [5.74, 6) is 0.843. The van der Waals surface area contributed by atoms with Gasteiger partial charge in [0.2, 0.25) is 0 Å². The molecule has 1 aliphatic heterocycles. The van der Waals surface area contributed by atoms with Gasteiger partial charge in [0.25, 0.3) is 0 Å². The lowest BCUT2D eigenvalue weighted by molar-refractivity contribution is 0.575. The third-order valence-corrected chi connectivity index (χ3v) is 11.5. The molecule has 0 unspecified atom stereocenters. The molecule has 8 aromatic carbocycles. The summed E-state index contributed by atoms with van der Waals surface area (Å²) in [4.78, 5) is 7.78. The average molecular weight is 732 g/mol. The third-order valence-electron chi connectivity index (χ3n) is 11.5. The summed E-state index contributed by atoms with van der Waals surface area (Å²) in [6, 6.07) is 61.0. The molecule has 0 amide bonds. The number of para-hydroxylation sites is 3. The summed E-state index contributed by atoms with van der Waals surface area (Å²) < 4.78 is 9.03. The van der Waals surface area contributed by atoms with Crippen LogP contribution in [0.25, 0.3) is 83.0 Å². The number of hydrogen-bond acceptors (Lipinski definition) is 3. The number of anilines is 1. The van der Waals surface area contributed by atoms with Gasteiger partial charge < -0.3 is 13.9 Å². The fraction of sp³-hybridized carbons (Fsp3) is 0.0377. The SMILES string of the molecule is C\C=C/C=c1/oc2ccc(-c3ccc4c(c3)c3ccccc3n4-c3ccccc3)cc2/c1=C1\N=C(c2ccc3c(ccc4ccccc43)c2)c2ccccc2N1C. The van der Waals surface area contributed by atoms with E-state index in [1.165, 1.54) is 43.4 Å². The van der Waals surface area contributed by atoms with E-state index >= 15 is 0 Å². The van der Waals surface area contributed by atoms with Crippen molar-refractivity contribution in [2.75, 3.05) is 11.9 Å². The first-order valence-electron chi connectivity index (χ1n) is 19.5. The second kappa shape index (κ2) is 13.1. The number of rotatable bonds is 4. The monoisotopic (exact) mass is 731 g/mol. The molecule has 0 aliphatic carbocycles. The molecular formula is C53H37N3O. The van der Waals surface area contributed by atoms with E-state index in [9.17, 15) is 0 Å². The van der Waals surface area contributed by atoms with Gasteiger partial charge in [-0.3, -0.25) is 0 Å². The lowest BCUT2D eigenvalue weighted by atomic mass is 9.94. The first-order chi connectivity index (χ1) is 28.1. The molecule has 0 spiro atoms. The van der Waals surface area contributed by atoms with E-state index in [0.717, 1.165) is 66.8 Å². The number of aromatic nitrogens is 1. The lowest BCUT2D eigenvalue weighted by Gasteiger charge is -2.28. The normalized spacial score (nSPS) is 14.5. The van der Waals surface area contributed by atoms with Crippen molar-refractivity contribution in [3.8, 4) is 16.8 Å². The molecule has 0 saturated heterocycles. The van der Waals surface area contributed by atoms with Crippen LogP contribution in [0.5, 0.6) is 0 Å². The van der Waals surface area contributed by atoms with Crippen molar-refractivity contribution < 1.29 is 4.42 Å². The van der Waals surface area contributed by atoms with Gasteiger partial charge in [0, 0.05) is 40.0 Å². The molecule has 10 aromatic rings. The number of allylic oxidation sites excluding steroid dienone is 2. The Hall–Kier alpha value is -7.43. The fourth-order valence-corrected chi connectivity index (χ4v) is 8.76. The van der Waals surface area contributed by atoms with Gasteiger partial charge in [0.1, 0.15) is 16.8 Å². The molecule has 1 aliphatic rings. The van der Waals surface area contributed by atoms with Crippen LogP contribution in [0.2, 0.25) is 0 Å². The summed E-state index contributed by atoms with van der Waals surface area (Å²) >= 11 is 0. The Bertz CT molecular complexity index is 3440. The van der Waals surface area contributed by atoms with Gasteiger partial charge in [-0.15, -0.1) is 0 Å². The van der Waals surface area contributed by atoms with E-state index in [0.29, 0.717) is 0 Å². The van der Waals surface area contributed by atoms with E-state index in [1.54, 1.807) is 0 Å². The van der Waals surface area contributed by atoms with Gasteiger partial charge in [-0.25, -0.2) is 4.99 Å². The molecule has 2 aromatic heterocycles. The summed E-state index contributed by atoms with van der Waals surface area (Å²) in [7, 11) is 2.11. The van der Waals surface area contributed by atoms with Gasteiger partial charge in [-0.05, 0) is 100 Å². The van der Waals surface area contributed by atoms with Crippen molar-refractivity contribution in [1.29, 1.82) is 0 Å². The molecule has 0 N–H and O–H groups in total. The minimum absolute atomic E-state index is 0.774. The third kappa shape index (κ3) is 5.26. The van der Waals surface area contributed by atoms with Crippen molar-refractivity contribution in [2.45, 2.75) is 6.92 Å². The molecule has 0 bridgehead atoms. The molecule has 57 heavy (non-hydrogen) atoms. The lowest BCUT2D eigenvalue weighted by Crippen LogP contribution is -2.33. The van der Waals surface area contributed by atoms with Crippen LogP contribution in [0.15, 0.2) is 191 Å². The predicted octanol–water partition coefficient (Wildman–Crippen LogP) is 11.9. The number of hydrogen-bond donors (Lipinski definition) is 0. The second-order valence-corrected chi connectivity index (χ2v) is 14.7. The maximum absolute atomic E-state index is 6.67. The van der Waals surface area contributed by atoms with E-state index in [1.807, 2.05) is 19.1 Å². The fourth-order valence-electron chi connectivity index (χ4n) is 8.76. The molecule has 0 saturated carbocycles. The zero-order valence-corrected chi connectivity index (χ0v) is 31.6. The van der Waals surface area contributed by atoms with Crippen LogP contribution in [0.1, 0.15) is 18.1 Å². The maximum atomic E-state index is 6.67. The van der Waals surface area contributed by atoms with Crippen LogP contribution in [0.4, 0.5) is 5.69 Å². The number of fused-ring (bicyclic) bond motifs is 8. The van der Waals surface area contributed by atoms with Crippen molar-refractivity contribution >= 4 is 77.6 Å². The van der Waals surface area contributed by atoms with E-state index in [4.69, 9.17) is 9.41 Å². The molecule has 11 rings (SSSR count). The smallest absolute Gasteiger partial charge is 0.145 e. The summed E-state index contributed by atoms with van der Waals surface area (Å²) in [6.45, 7) is 2.02. The Kier molecular flexibility index (Phi) is 7.58. The molecule has 270 valence electrons. The zero-order chi connectivity index (χ0) is 38.0. The Morgan fingerprint density at radius 1 is 0.544 bits per heavy atom. The first-order valence-corrected chi connectivity index (χ1v) is 19.5. The van der Waals surface area contributed by atoms with Crippen molar-refractivity contribution in [3.63, 3.8) is 0 Å². The molecule has 0 atom stereocenters. The van der Waals surface area contributed by atoms with Gasteiger partial charge in [0.15, 0.2) is 0 Å². The predicted molar refractivity (Wildman–Crippen MR) is 240 cm³/mol. The second-order valence-electron chi connectivity index (χ2n) is 14.7. The van der Waals surface area contributed by atoms with Crippen LogP contribution in [0, 0.1) is 0 Å². The highest BCUT2D eigenvalue weighted by atomic mass is 16.3. The Balaban J connectivity index is 1.14. The van der Waals surface area contributed by atoms with Crippen molar-refractivity contribution in [3.05, 3.63) is 204 Å². The van der Waals surface area contributed by atoms with E-state index in [2.05, 4.69) is 192 Å². The van der Waals surface area contributed by atoms with Gasteiger partial charge in [0.05, 0.1) is 27.7 Å². The Morgan fingerprint density at radius 2 is 1.23 bits per heavy atom. The minimum Gasteiger partial charge on any atom is -0.456 e. The molecule has 4 heteroatoms. The van der Waals surface area contributed by atoms with E-state index in [-0.39, 0.29) is 0 Å². The molecule has 0 radical (unpaired) electrons. The van der Waals surface area contributed by atoms with E-state index < -0.39 is 0 Å². The van der Waals surface area contributed by atoms with Gasteiger partial charge in [-0.1, -0.05) is 127 Å². The quantitative estimate of drug-likeness (QED) is 0.169. The summed E-state index contributed by atoms with van der Waals surface area (Å²) in [6.07, 6.45) is 6.12. The number of aliphatic imine (C=N–C) groups is 1. The first kappa shape index (κ1) is 33.0. The van der Waals surface area contributed by atoms with Crippen LogP contribution in [-0.2, 0) is 0 Å². The van der Waals surface area contributed by atoms with Gasteiger partial charge >= 0.3 is 0 Å². The number of furan rings is 1. The summed E-state index contributed by atoms with van der Waals surface area (Å²) in [5, 5.41) is 9.36. The molecule has 0 fully saturated rings. The zero-order valence-electron chi connectivity index (χ0n) is 31.6. The van der Waals surface area contributed by atoms with Crippen LogP contribution < -0.4 is 15.5 Å². The van der Waals surface area contributed by atoms with Crippen LogP contribution >= 0.6 is 0 Å². The molecule has 3 heterocycles. The largest absolute Gasteiger partial charge is 0.456 e. The van der Waals surface area contributed by atoms with Crippen molar-refractivity contribution in [2.24, 2.45) is 4.99 Å². The topological polar surface area (TPSA) is 33.7 Å². The Morgan fingerprint density at radius 3 is 2.11 bits per heavy atom. The highest BCUT2D eigenvalue weighted by Gasteiger charge is 2.25. The maximum Gasteiger partial charge on any atom is 0.145 e.